The average molecular weight is 288 g/mol. The topological polar surface area (TPSA) is 28.5 Å². The smallest absolute Gasteiger partial charge is 0.158 e. The third-order valence-electron chi connectivity index (χ3n) is 1.72. The highest BCUT2D eigenvalue weighted by molar-refractivity contribution is 9.10. The monoisotopic (exact) mass is 287 g/mol. The van der Waals surface area contributed by atoms with Crippen LogP contribution in [-0.4, -0.2) is 35.4 Å². The molecule has 0 amide bonds. The predicted molar refractivity (Wildman–Crippen MR) is 70.3 cm³/mol. The van der Waals surface area contributed by atoms with Gasteiger partial charge in [0.1, 0.15) is 0 Å². The van der Waals surface area contributed by atoms with Crippen molar-refractivity contribution in [1.82, 2.24) is 9.88 Å². The second-order valence-corrected chi connectivity index (χ2v) is 4.90. The molecule has 0 bridgehead atoms. The molecule has 0 saturated heterocycles. The maximum atomic E-state index is 4.50. The maximum Gasteiger partial charge on any atom is 0.158 e. The molecule has 1 rings (SSSR count). The molecular weight excluding hydrogens is 274 g/mol. The summed E-state index contributed by atoms with van der Waals surface area (Å²) in [5.41, 5.74) is 1.11. The Labute approximate surface area is 103 Å². The molecule has 0 aromatic carbocycles. The van der Waals surface area contributed by atoms with Crippen molar-refractivity contribution in [3.05, 3.63) is 28.5 Å². The molecule has 1 heterocycles. The van der Waals surface area contributed by atoms with Gasteiger partial charge in [-0.15, -0.1) is 0 Å². The zero-order valence-corrected chi connectivity index (χ0v) is 11.5. The lowest BCUT2D eigenvalue weighted by atomic mass is 10.3. The van der Waals surface area contributed by atoms with Gasteiger partial charge in [-0.25, -0.2) is 0 Å². The van der Waals surface area contributed by atoms with Gasteiger partial charge in [0.2, 0.25) is 0 Å². The van der Waals surface area contributed by atoms with E-state index in [1.807, 2.05) is 37.5 Å². The predicted octanol–water partition coefficient (Wildman–Crippen LogP) is 2.62. The summed E-state index contributed by atoms with van der Waals surface area (Å²) in [5, 5.41) is 1.02. The quantitative estimate of drug-likeness (QED) is 0.618. The van der Waals surface area contributed by atoms with Crippen LogP contribution in [0.5, 0.6) is 0 Å². The van der Waals surface area contributed by atoms with Crippen LogP contribution in [0.2, 0.25) is 0 Å². The lowest BCUT2D eigenvalue weighted by Gasteiger charge is -2.12. The molecule has 5 heteroatoms. The summed E-state index contributed by atoms with van der Waals surface area (Å²) in [4.78, 5) is 10.6. The van der Waals surface area contributed by atoms with E-state index in [1.54, 1.807) is 18.0 Å². The Bertz CT molecular complexity index is 352. The SMILES string of the molecule is CSC(=NCc1cncc(Br)c1)N(C)C. The molecule has 3 nitrogen and oxygen atoms in total. The molecule has 0 atom stereocenters. The van der Waals surface area contributed by atoms with Crippen LogP contribution in [0.15, 0.2) is 27.9 Å². The van der Waals surface area contributed by atoms with Crippen molar-refractivity contribution in [1.29, 1.82) is 0 Å². The van der Waals surface area contributed by atoms with Crippen molar-refractivity contribution in [2.45, 2.75) is 6.54 Å². The van der Waals surface area contributed by atoms with Gasteiger partial charge in [-0.05, 0) is 33.8 Å². The van der Waals surface area contributed by atoms with E-state index in [9.17, 15) is 0 Å². The minimum Gasteiger partial charge on any atom is -0.358 e. The zero-order valence-electron chi connectivity index (χ0n) is 9.07. The van der Waals surface area contributed by atoms with Gasteiger partial charge in [-0.3, -0.25) is 9.98 Å². The Hall–Kier alpha value is -0.550. The molecular formula is C10H14BrN3S. The van der Waals surface area contributed by atoms with Gasteiger partial charge in [0.15, 0.2) is 5.17 Å². The number of hydrogen-bond acceptors (Lipinski definition) is 3. The van der Waals surface area contributed by atoms with Gasteiger partial charge in [0, 0.05) is 31.0 Å². The number of rotatable bonds is 2. The third kappa shape index (κ3) is 4.22. The van der Waals surface area contributed by atoms with Gasteiger partial charge in [-0.2, -0.15) is 0 Å². The summed E-state index contributed by atoms with van der Waals surface area (Å²) >= 11 is 5.03. The van der Waals surface area contributed by atoms with Crippen molar-refractivity contribution < 1.29 is 0 Å². The Morgan fingerprint density at radius 3 is 2.80 bits per heavy atom. The highest BCUT2D eigenvalue weighted by Crippen LogP contribution is 2.11. The first-order chi connectivity index (χ1) is 7.13. The van der Waals surface area contributed by atoms with E-state index in [4.69, 9.17) is 0 Å². The van der Waals surface area contributed by atoms with Crippen LogP contribution in [0.1, 0.15) is 5.56 Å². The maximum absolute atomic E-state index is 4.50. The minimum absolute atomic E-state index is 0.667. The lowest BCUT2D eigenvalue weighted by Crippen LogP contribution is -2.18. The fraction of sp³-hybridized carbons (Fsp3) is 0.400. The zero-order chi connectivity index (χ0) is 11.3. The van der Waals surface area contributed by atoms with E-state index in [0.29, 0.717) is 6.54 Å². The molecule has 0 aliphatic rings. The van der Waals surface area contributed by atoms with Crippen molar-refractivity contribution >= 4 is 32.9 Å². The third-order valence-corrected chi connectivity index (χ3v) is 3.02. The van der Waals surface area contributed by atoms with Crippen molar-refractivity contribution in [2.24, 2.45) is 4.99 Å². The molecule has 0 unspecified atom stereocenters. The first-order valence-corrected chi connectivity index (χ1v) is 6.50. The van der Waals surface area contributed by atoms with Crippen molar-refractivity contribution in [2.75, 3.05) is 20.4 Å². The number of aliphatic imine (C=N–C) groups is 1. The molecule has 0 aliphatic heterocycles. The van der Waals surface area contributed by atoms with E-state index in [1.165, 1.54) is 0 Å². The van der Waals surface area contributed by atoms with E-state index < -0.39 is 0 Å². The number of hydrogen-bond donors (Lipinski definition) is 0. The Balaban J connectivity index is 2.70. The molecule has 0 radical (unpaired) electrons. The summed E-state index contributed by atoms with van der Waals surface area (Å²) in [6, 6.07) is 2.03. The van der Waals surface area contributed by atoms with E-state index in [2.05, 4.69) is 25.9 Å². The fourth-order valence-corrected chi connectivity index (χ4v) is 2.06. The second kappa shape index (κ2) is 6.12. The highest BCUT2D eigenvalue weighted by atomic mass is 79.9. The number of halogens is 1. The van der Waals surface area contributed by atoms with Gasteiger partial charge in [-0.1, -0.05) is 11.8 Å². The van der Waals surface area contributed by atoms with Gasteiger partial charge < -0.3 is 4.90 Å². The summed E-state index contributed by atoms with van der Waals surface area (Å²) in [7, 11) is 3.99. The number of aromatic nitrogens is 1. The molecule has 82 valence electrons. The summed E-state index contributed by atoms with van der Waals surface area (Å²) in [6.45, 7) is 0.667. The van der Waals surface area contributed by atoms with Crippen LogP contribution in [0.4, 0.5) is 0 Å². The van der Waals surface area contributed by atoms with E-state index in [-0.39, 0.29) is 0 Å². The summed E-state index contributed by atoms with van der Waals surface area (Å²) < 4.78 is 0.991. The first-order valence-electron chi connectivity index (χ1n) is 4.48. The molecule has 1 aromatic heterocycles. The Kier molecular flexibility index (Phi) is 5.11. The number of nitrogens with zero attached hydrogens (tertiary/aromatic N) is 3. The standard InChI is InChI=1S/C10H14BrN3S/c1-14(2)10(15-3)13-6-8-4-9(11)7-12-5-8/h4-5,7H,6H2,1-3H3. The first kappa shape index (κ1) is 12.5. The van der Waals surface area contributed by atoms with Crippen LogP contribution in [0.3, 0.4) is 0 Å². The van der Waals surface area contributed by atoms with Crippen molar-refractivity contribution in [3.63, 3.8) is 0 Å². The molecule has 0 spiro atoms. The molecule has 0 fully saturated rings. The van der Waals surface area contributed by atoms with Crippen LogP contribution in [0, 0.1) is 0 Å². The minimum atomic E-state index is 0.667. The van der Waals surface area contributed by atoms with Gasteiger partial charge in [0.05, 0.1) is 6.54 Å². The molecule has 0 saturated carbocycles. The fourth-order valence-electron chi connectivity index (χ4n) is 1.09. The van der Waals surface area contributed by atoms with E-state index in [0.717, 1.165) is 15.2 Å². The van der Waals surface area contributed by atoms with Crippen LogP contribution >= 0.6 is 27.7 Å². The molecule has 1 aromatic rings. The normalized spacial score (nSPS) is 11.6. The molecule has 0 aliphatic carbocycles. The highest BCUT2D eigenvalue weighted by Gasteiger charge is 1.99. The number of thioether (sulfide) groups is 1. The van der Waals surface area contributed by atoms with Gasteiger partial charge in [0.25, 0.3) is 0 Å². The van der Waals surface area contributed by atoms with E-state index >= 15 is 0 Å². The van der Waals surface area contributed by atoms with Crippen LogP contribution in [0.25, 0.3) is 0 Å². The lowest BCUT2D eigenvalue weighted by molar-refractivity contribution is 0.632. The summed E-state index contributed by atoms with van der Waals surface area (Å²) in [5.74, 6) is 0. The Morgan fingerprint density at radius 1 is 1.53 bits per heavy atom. The molecule has 15 heavy (non-hydrogen) atoms. The van der Waals surface area contributed by atoms with Crippen LogP contribution in [-0.2, 0) is 6.54 Å². The molecule has 0 N–H and O–H groups in total. The average Bonchev–Trinajstić information content (AvgIpc) is 2.18. The number of amidine groups is 1. The largest absolute Gasteiger partial charge is 0.358 e. The van der Waals surface area contributed by atoms with Crippen molar-refractivity contribution in [3.8, 4) is 0 Å². The second-order valence-electron chi connectivity index (χ2n) is 3.21. The van der Waals surface area contributed by atoms with Crippen LogP contribution < -0.4 is 0 Å². The summed E-state index contributed by atoms with van der Waals surface area (Å²) in [6.07, 6.45) is 5.63. The van der Waals surface area contributed by atoms with Gasteiger partial charge >= 0.3 is 0 Å². The number of pyridine rings is 1. The Morgan fingerprint density at radius 2 is 2.27 bits per heavy atom.